The van der Waals surface area contributed by atoms with Crippen molar-refractivity contribution in [1.29, 1.82) is 0 Å². The summed E-state index contributed by atoms with van der Waals surface area (Å²) in [5, 5.41) is 2.71. The van der Waals surface area contributed by atoms with Crippen molar-refractivity contribution in [2.45, 2.75) is 26.9 Å². The number of ether oxygens (including phenoxy) is 2. The molecule has 0 spiro atoms. The zero-order valence-electron chi connectivity index (χ0n) is 16.2. The molecule has 0 aliphatic carbocycles. The molecule has 1 atom stereocenters. The van der Waals surface area contributed by atoms with E-state index in [0.717, 1.165) is 18.8 Å². The van der Waals surface area contributed by atoms with Crippen LogP contribution in [0.3, 0.4) is 0 Å². The molecule has 1 N–H and O–H groups in total. The summed E-state index contributed by atoms with van der Waals surface area (Å²) < 4.78 is 10.5. The Morgan fingerprint density at radius 2 is 1.67 bits per heavy atom. The van der Waals surface area contributed by atoms with E-state index in [2.05, 4.69) is 24.1 Å². The number of amides is 1. The second kappa shape index (κ2) is 9.62. The van der Waals surface area contributed by atoms with Crippen molar-refractivity contribution >= 4 is 23.3 Å². The van der Waals surface area contributed by atoms with E-state index in [0.29, 0.717) is 17.0 Å². The zero-order chi connectivity index (χ0) is 19.8. The molecule has 2 aromatic carbocycles. The number of para-hydroxylation sites is 2. The fourth-order valence-corrected chi connectivity index (χ4v) is 2.66. The second-order valence-corrected chi connectivity index (χ2v) is 5.96. The highest BCUT2D eigenvalue weighted by Crippen LogP contribution is 2.23. The van der Waals surface area contributed by atoms with Gasteiger partial charge >= 0.3 is 5.97 Å². The standard InChI is InChI=1S/C21H26N2O4/c1-5-23(6-2)17-13-11-16(12-14-17)21(25)27-15(3)20(24)22-18-9-7-8-10-19(18)26-4/h7-15H,5-6H2,1-4H3,(H,22,24)/t15-/m0/s1. The van der Waals surface area contributed by atoms with Crippen molar-refractivity contribution in [3.05, 3.63) is 54.1 Å². The summed E-state index contributed by atoms with van der Waals surface area (Å²) in [6, 6.07) is 14.2. The van der Waals surface area contributed by atoms with E-state index in [1.165, 1.54) is 14.0 Å². The third-order valence-corrected chi connectivity index (χ3v) is 4.25. The summed E-state index contributed by atoms with van der Waals surface area (Å²) in [7, 11) is 1.52. The van der Waals surface area contributed by atoms with Crippen LogP contribution in [-0.2, 0) is 9.53 Å². The Hall–Kier alpha value is -3.02. The first-order valence-corrected chi connectivity index (χ1v) is 9.00. The zero-order valence-corrected chi connectivity index (χ0v) is 16.2. The molecule has 0 saturated heterocycles. The van der Waals surface area contributed by atoms with Gasteiger partial charge in [-0.25, -0.2) is 4.79 Å². The van der Waals surface area contributed by atoms with Gasteiger partial charge in [-0.15, -0.1) is 0 Å². The van der Waals surface area contributed by atoms with Gasteiger partial charge in [0.25, 0.3) is 5.91 Å². The molecule has 0 saturated carbocycles. The monoisotopic (exact) mass is 370 g/mol. The topological polar surface area (TPSA) is 67.9 Å². The van der Waals surface area contributed by atoms with Crippen molar-refractivity contribution in [3.63, 3.8) is 0 Å². The molecule has 0 fully saturated rings. The number of carbonyl (C=O) groups excluding carboxylic acids is 2. The Labute approximate surface area is 160 Å². The number of rotatable bonds is 8. The number of hydrogen-bond acceptors (Lipinski definition) is 5. The summed E-state index contributed by atoms with van der Waals surface area (Å²) in [6.45, 7) is 7.47. The van der Waals surface area contributed by atoms with Gasteiger partial charge in [0.2, 0.25) is 0 Å². The molecule has 0 unspecified atom stereocenters. The lowest BCUT2D eigenvalue weighted by atomic mass is 10.2. The highest BCUT2D eigenvalue weighted by molar-refractivity contribution is 5.98. The normalized spacial score (nSPS) is 11.4. The van der Waals surface area contributed by atoms with Gasteiger partial charge in [0, 0.05) is 18.8 Å². The second-order valence-electron chi connectivity index (χ2n) is 5.96. The SMILES string of the molecule is CCN(CC)c1ccc(C(=O)O[C@@H](C)C(=O)Nc2ccccc2OC)cc1. The van der Waals surface area contributed by atoms with Crippen molar-refractivity contribution in [2.24, 2.45) is 0 Å². The van der Waals surface area contributed by atoms with Gasteiger partial charge in [0.1, 0.15) is 5.75 Å². The molecule has 144 valence electrons. The van der Waals surface area contributed by atoms with Gasteiger partial charge in [-0.05, 0) is 57.2 Å². The minimum Gasteiger partial charge on any atom is -0.495 e. The molecular formula is C21H26N2O4. The van der Waals surface area contributed by atoms with E-state index in [1.807, 2.05) is 12.1 Å². The smallest absolute Gasteiger partial charge is 0.338 e. The minimum atomic E-state index is -0.940. The predicted molar refractivity (Wildman–Crippen MR) is 107 cm³/mol. The van der Waals surface area contributed by atoms with Crippen molar-refractivity contribution in [1.82, 2.24) is 0 Å². The van der Waals surface area contributed by atoms with Crippen LogP contribution in [0.4, 0.5) is 11.4 Å². The number of anilines is 2. The van der Waals surface area contributed by atoms with Crippen LogP contribution in [0.5, 0.6) is 5.75 Å². The van der Waals surface area contributed by atoms with Gasteiger partial charge in [-0.1, -0.05) is 12.1 Å². The summed E-state index contributed by atoms with van der Waals surface area (Å²) >= 11 is 0. The maximum Gasteiger partial charge on any atom is 0.338 e. The van der Waals surface area contributed by atoms with Crippen molar-refractivity contribution in [3.8, 4) is 5.75 Å². The Bertz CT molecular complexity index is 770. The van der Waals surface area contributed by atoms with Gasteiger partial charge in [0.05, 0.1) is 18.4 Å². The van der Waals surface area contributed by atoms with Gasteiger partial charge < -0.3 is 19.7 Å². The molecule has 2 aromatic rings. The number of benzene rings is 2. The summed E-state index contributed by atoms with van der Waals surface area (Å²) in [6.07, 6.45) is -0.940. The summed E-state index contributed by atoms with van der Waals surface area (Å²) in [5.74, 6) is -0.423. The average molecular weight is 370 g/mol. The Balaban J connectivity index is 1.99. The quantitative estimate of drug-likeness (QED) is 0.717. The van der Waals surface area contributed by atoms with Crippen LogP contribution in [0.25, 0.3) is 0 Å². The maximum absolute atomic E-state index is 12.3. The molecule has 6 heteroatoms. The van der Waals surface area contributed by atoms with E-state index in [-0.39, 0.29) is 0 Å². The first-order valence-electron chi connectivity index (χ1n) is 9.00. The number of methoxy groups -OCH3 is 1. The third kappa shape index (κ3) is 5.23. The number of hydrogen-bond donors (Lipinski definition) is 1. The van der Waals surface area contributed by atoms with Crippen LogP contribution in [0.2, 0.25) is 0 Å². The third-order valence-electron chi connectivity index (χ3n) is 4.25. The van der Waals surface area contributed by atoms with E-state index < -0.39 is 18.0 Å². The molecule has 6 nitrogen and oxygen atoms in total. The molecule has 0 aromatic heterocycles. The Morgan fingerprint density at radius 3 is 2.26 bits per heavy atom. The van der Waals surface area contributed by atoms with E-state index in [1.54, 1.807) is 36.4 Å². The number of carbonyl (C=O) groups is 2. The van der Waals surface area contributed by atoms with Crippen molar-refractivity contribution in [2.75, 3.05) is 30.4 Å². The predicted octanol–water partition coefficient (Wildman–Crippen LogP) is 3.73. The number of nitrogens with zero attached hydrogens (tertiary/aromatic N) is 1. The molecule has 1 amide bonds. The lowest BCUT2D eigenvalue weighted by Crippen LogP contribution is -2.30. The molecule has 0 aliphatic rings. The van der Waals surface area contributed by atoms with E-state index in [4.69, 9.17) is 9.47 Å². The Morgan fingerprint density at radius 1 is 1.04 bits per heavy atom. The fourth-order valence-electron chi connectivity index (χ4n) is 2.66. The van der Waals surface area contributed by atoms with Crippen LogP contribution in [0, 0.1) is 0 Å². The van der Waals surface area contributed by atoms with Crippen LogP contribution in [-0.4, -0.2) is 38.2 Å². The number of esters is 1. The fraction of sp³-hybridized carbons (Fsp3) is 0.333. The highest BCUT2D eigenvalue weighted by Gasteiger charge is 2.20. The van der Waals surface area contributed by atoms with Gasteiger partial charge in [-0.2, -0.15) is 0 Å². The van der Waals surface area contributed by atoms with Gasteiger partial charge in [0.15, 0.2) is 6.10 Å². The molecule has 2 rings (SSSR count). The van der Waals surface area contributed by atoms with Crippen LogP contribution in [0.15, 0.2) is 48.5 Å². The van der Waals surface area contributed by atoms with Crippen LogP contribution >= 0.6 is 0 Å². The molecule has 27 heavy (non-hydrogen) atoms. The first-order chi connectivity index (χ1) is 13.0. The number of nitrogens with one attached hydrogen (secondary N) is 1. The minimum absolute atomic E-state index is 0.405. The lowest BCUT2D eigenvalue weighted by Gasteiger charge is -2.21. The lowest BCUT2D eigenvalue weighted by molar-refractivity contribution is -0.123. The molecule has 0 bridgehead atoms. The van der Waals surface area contributed by atoms with Gasteiger partial charge in [-0.3, -0.25) is 4.79 Å². The molecule has 0 aliphatic heterocycles. The molecular weight excluding hydrogens is 344 g/mol. The molecule has 0 heterocycles. The highest BCUT2D eigenvalue weighted by atomic mass is 16.5. The summed E-state index contributed by atoms with van der Waals surface area (Å²) in [4.78, 5) is 26.8. The maximum atomic E-state index is 12.3. The van der Waals surface area contributed by atoms with E-state index >= 15 is 0 Å². The van der Waals surface area contributed by atoms with E-state index in [9.17, 15) is 9.59 Å². The summed E-state index contributed by atoms with van der Waals surface area (Å²) in [5.41, 5.74) is 1.97. The first kappa shape index (κ1) is 20.3. The van der Waals surface area contributed by atoms with Crippen LogP contribution in [0.1, 0.15) is 31.1 Å². The largest absolute Gasteiger partial charge is 0.495 e. The van der Waals surface area contributed by atoms with Crippen LogP contribution < -0.4 is 15.0 Å². The Kier molecular flexibility index (Phi) is 7.23. The molecule has 0 radical (unpaired) electrons. The van der Waals surface area contributed by atoms with Crippen molar-refractivity contribution < 1.29 is 19.1 Å². The average Bonchev–Trinajstić information content (AvgIpc) is 2.69.